The first-order valence-electron chi connectivity index (χ1n) is 30.9. The average Bonchev–Trinajstić information content (AvgIpc) is 3.42. The fourth-order valence-electron chi connectivity index (χ4n) is 9.05. The normalized spacial score (nSPS) is 18.5. The summed E-state index contributed by atoms with van der Waals surface area (Å²) in [5.41, 5.74) is 0. The Balaban J connectivity index is 2.70. The van der Waals surface area contributed by atoms with Crippen LogP contribution in [0, 0.1) is 0 Å². The quantitative estimate of drug-likeness (QED) is 0.0228. The minimum absolute atomic E-state index is 0.0499. The standard InChI is InChI=1S/C65H110O12/c1-4-7-10-13-16-19-22-25-27-29-31-34-36-39-42-45-48-51-57(66)73-54-56(75-58(67)52-49-46-43-40-37-33-24-21-18-15-12-9-6-3)55-74-65-63(61(70)60(69)62(77-65)64(71)72)76-59(68)53-50-47-44-41-38-35-32-30-28-26-23-20-17-14-11-8-5-2/h7,10,16,19,25-28,31,34,39,42,56,60-63,65,69-70H,4-6,8-9,11-15,17-18,20-24,29-30,32-33,35-38,40-41,43-55H2,1-3H3,(H,71,72)/b10-7-,19-16-,27-25-,28-26-,34-31-,42-39-. The van der Waals surface area contributed by atoms with Crippen LogP contribution in [0.1, 0.15) is 265 Å². The fraction of sp³-hybridized carbons (Fsp3) is 0.754. The van der Waals surface area contributed by atoms with E-state index in [2.05, 4.69) is 87.6 Å². The maximum atomic E-state index is 13.1. The van der Waals surface area contributed by atoms with Gasteiger partial charge in [-0.05, 0) is 83.5 Å². The highest BCUT2D eigenvalue weighted by Gasteiger charge is 2.50. The molecule has 1 aliphatic heterocycles. The summed E-state index contributed by atoms with van der Waals surface area (Å²) in [6.07, 6.45) is 54.4. The Morgan fingerprint density at radius 1 is 0.442 bits per heavy atom. The van der Waals surface area contributed by atoms with Gasteiger partial charge in [-0.1, -0.05) is 235 Å². The summed E-state index contributed by atoms with van der Waals surface area (Å²) in [5, 5.41) is 31.5. The Hall–Kier alpha value is -3.84. The number of carbonyl (C=O) groups is 4. The first kappa shape index (κ1) is 71.2. The summed E-state index contributed by atoms with van der Waals surface area (Å²) in [4.78, 5) is 51.2. The molecule has 1 heterocycles. The molecule has 0 bridgehead atoms. The number of aliphatic carboxylic acids is 1. The second-order valence-electron chi connectivity index (χ2n) is 21.0. The third-order valence-corrected chi connectivity index (χ3v) is 13.8. The van der Waals surface area contributed by atoms with Crippen molar-refractivity contribution in [3.63, 3.8) is 0 Å². The SMILES string of the molecule is CC/C=C\C/C=C\C/C=C\C/C=C\C/C=C\CCCC(=O)OCC(COC1OC(C(=O)O)C(O)C(O)C1OC(=O)CCCCCCCCC/C=C\CCCCCCCC)OC(=O)CCCCCCCCCCCCCCC. The van der Waals surface area contributed by atoms with Gasteiger partial charge < -0.3 is 39.0 Å². The van der Waals surface area contributed by atoms with Crippen molar-refractivity contribution >= 4 is 23.9 Å². The fourth-order valence-corrected chi connectivity index (χ4v) is 9.05. The van der Waals surface area contributed by atoms with Gasteiger partial charge in [0, 0.05) is 19.3 Å². The molecule has 0 saturated carbocycles. The molecule has 12 heteroatoms. The first-order valence-corrected chi connectivity index (χ1v) is 30.9. The molecule has 77 heavy (non-hydrogen) atoms. The van der Waals surface area contributed by atoms with Crippen LogP contribution in [0.2, 0.25) is 0 Å². The van der Waals surface area contributed by atoms with Gasteiger partial charge in [0.25, 0.3) is 0 Å². The molecular formula is C65H110O12. The number of esters is 3. The molecule has 3 N–H and O–H groups in total. The minimum Gasteiger partial charge on any atom is -0.479 e. The van der Waals surface area contributed by atoms with Crippen LogP contribution in [0.5, 0.6) is 0 Å². The molecule has 1 aliphatic rings. The highest BCUT2D eigenvalue weighted by atomic mass is 16.7. The van der Waals surface area contributed by atoms with E-state index in [1.54, 1.807) is 0 Å². The number of allylic oxidation sites excluding steroid dienone is 12. The van der Waals surface area contributed by atoms with Gasteiger partial charge in [0.05, 0.1) is 6.61 Å². The number of rotatable bonds is 52. The molecule has 442 valence electrons. The first-order chi connectivity index (χ1) is 37.6. The van der Waals surface area contributed by atoms with Crippen LogP contribution in [-0.2, 0) is 42.9 Å². The van der Waals surface area contributed by atoms with Crippen LogP contribution in [0.3, 0.4) is 0 Å². The van der Waals surface area contributed by atoms with Gasteiger partial charge in [-0.3, -0.25) is 14.4 Å². The van der Waals surface area contributed by atoms with Crippen LogP contribution in [0.4, 0.5) is 0 Å². The third-order valence-electron chi connectivity index (χ3n) is 13.8. The Kier molecular flexibility index (Phi) is 48.8. The molecule has 0 aliphatic carbocycles. The lowest BCUT2D eigenvalue weighted by molar-refractivity contribution is -0.301. The van der Waals surface area contributed by atoms with E-state index in [-0.39, 0.29) is 25.9 Å². The van der Waals surface area contributed by atoms with E-state index < -0.39 is 67.3 Å². The van der Waals surface area contributed by atoms with E-state index in [1.165, 1.54) is 116 Å². The van der Waals surface area contributed by atoms with Crippen molar-refractivity contribution in [3.05, 3.63) is 72.9 Å². The molecule has 0 aromatic carbocycles. The maximum Gasteiger partial charge on any atom is 0.335 e. The van der Waals surface area contributed by atoms with Crippen molar-refractivity contribution in [1.82, 2.24) is 0 Å². The van der Waals surface area contributed by atoms with Crippen molar-refractivity contribution in [2.75, 3.05) is 13.2 Å². The van der Waals surface area contributed by atoms with E-state index in [1.807, 2.05) is 6.08 Å². The largest absolute Gasteiger partial charge is 0.479 e. The van der Waals surface area contributed by atoms with Gasteiger partial charge in [0.15, 0.2) is 24.6 Å². The molecule has 0 amide bonds. The Morgan fingerprint density at radius 3 is 1.30 bits per heavy atom. The van der Waals surface area contributed by atoms with Gasteiger partial charge in [0.1, 0.15) is 18.8 Å². The highest BCUT2D eigenvalue weighted by molar-refractivity contribution is 5.74. The molecule has 0 aromatic heterocycles. The molecule has 1 fully saturated rings. The maximum absolute atomic E-state index is 13.1. The summed E-state index contributed by atoms with van der Waals surface area (Å²) < 4.78 is 28.4. The molecular weight excluding hydrogens is 973 g/mol. The van der Waals surface area contributed by atoms with Crippen molar-refractivity contribution < 1.29 is 58.2 Å². The van der Waals surface area contributed by atoms with E-state index in [4.69, 9.17) is 23.7 Å². The van der Waals surface area contributed by atoms with Gasteiger partial charge in [-0.25, -0.2) is 4.79 Å². The van der Waals surface area contributed by atoms with Crippen LogP contribution in [0.15, 0.2) is 72.9 Å². The topological polar surface area (TPSA) is 175 Å². The number of carbonyl (C=O) groups excluding carboxylic acids is 3. The number of hydrogen-bond donors (Lipinski definition) is 3. The number of unbranched alkanes of at least 4 members (excludes halogenated alkanes) is 26. The lowest BCUT2D eigenvalue weighted by atomic mass is 9.98. The number of ether oxygens (including phenoxy) is 5. The second-order valence-corrected chi connectivity index (χ2v) is 21.0. The second kappa shape index (κ2) is 52.8. The molecule has 6 atom stereocenters. The predicted octanol–water partition coefficient (Wildman–Crippen LogP) is 16.1. The molecule has 6 unspecified atom stereocenters. The number of carboxylic acids is 1. The Morgan fingerprint density at radius 2 is 0.831 bits per heavy atom. The zero-order valence-electron chi connectivity index (χ0n) is 48.7. The van der Waals surface area contributed by atoms with E-state index in [0.29, 0.717) is 25.7 Å². The van der Waals surface area contributed by atoms with Gasteiger partial charge >= 0.3 is 23.9 Å². The summed E-state index contributed by atoms with van der Waals surface area (Å²) in [6, 6.07) is 0. The molecule has 0 aromatic rings. The average molecular weight is 1080 g/mol. The molecule has 1 rings (SSSR count). The zero-order valence-corrected chi connectivity index (χ0v) is 48.7. The molecule has 12 nitrogen and oxygen atoms in total. The van der Waals surface area contributed by atoms with Crippen LogP contribution >= 0.6 is 0 Å². The van der Waals surface area contributed by atoms with Gasteiger partial charge in [-0.15, -0.1) is 0 Å². The van der Waals surface area contributed by atoms with Crippen LogP contribution < -0.4 is 0 Å². The molecule has 0 radical (unpaired) electrons. The summed E-state index contributed by atoms with van der Waals surface area (Å²) in [5.74, 6) is -3.19. The van der Waals surface area contributed by atoms with Crippen molar-refractivity contribution in [3.8, 4) is 0 Å². The number of aliphatic hydroxyl groups is 2. The van der Waals surface area contributed by atoms with Crippen molar-refractivity contribution in [2.24, 2.45) is 0 Å². The van der Waals surface area contributed by atoms with Gasteiger partial charge in [-0.2, -0.15) is 0 Å². The lowest BCUT2D eigenvalue weighted by Gasteiger charge is -2.40. The summed E-state index contributed by atoms with van der Waals surface area (Å²) in [7, 11) is 0. The Bertz CT molecular complexity index is 1620. The third kappa shape index (κ3) is 42.7. The van der Waals surface area contributed by atoms with Crippen molar-refractivity contribution in [2.45, 2.75) is 302 Å². The van der Waals surface area contributed by atoms with E-state index in [0.717, 1.165) is 83.5 Å². The number of carboxylic acid groups (broad SMARTS) is 1. The predicted molar refractivity (Wildman–Crippen MR) is 312 cm³/mol. The molecule has 1 saturated heterocycles. The Labute approximate surface area is 468 Å². The van der Waals surface area contributed by atoms with E-state index in [9.17, 15) is 34.5 Å². The zero-order chi connectivity index (χ0) is 56.1. The van der Waals surface area contributed by atoms with E-state index >= 15 is 0 Å². The monoisotopic (exact) mass is 1080 g/mol. The molecule has 0 spiro atoms. The lowest BCUT2D eigenvalue weighted by Crippen LogP contribution is -2.61. The highest BCUT2D eigenvalue weighted by Crippen LogP contribution is 2.26. The summed E-state index contributed by atoms with van der Waals surface area (Å²) in [6.45, 7) is 5.84. The number of aliphatic hydroxyl groups excluding tert-OH is 2. The van der Waals surface area contributed by atoms with Crippen LogP contribution in [0.25, 0.3) is 0 Å². The van der Waals surface area contributed by atoms with Gasteiger partial charge in [0.2, 0.25) is 0 Å². The van der Waals surface area contributed by atoms with Crippen LogP contribution in [-0.4, -0.2) is 89.2 Å². The van der Waals surface area contributed by atoms with Crippen molar-refractivity contribution in [1.29, 1.82) is 0 Å². The summed E-state index contributed by atoms with van der Waals surface area (Å²) >= 11 is 0. The number of hydrogen-bond acceptors (Lipinski definition) is 11. The minimum atomic E-state index is -1.91. The smallest absolute Gasteiger partial charge is 0.335 e.